The SMILES string of the molecule is CCN(CC)Cc1cc(=O)[nH]c(N(CC)CC)n1. The topological polar surface area (TPSA) is 52.2 Å². The maximum absolute atomic E-state index is 11.7. The zero-order valence-corrected chi connectivity index (χ0v) is 11.9. The molecule has 1 aromatic rings. The smallest absolute Gasteiger partial charge is 0.252 e. The summed E-state index contributed by atoms with van der Waals surface area (Å²) in [5.41, 5.74) is 0.762. The summed E-state index contributed by atoms with van der Waals surface area (Å²) in [6, 6.07) is 1.59. The van der Waals surface area contributed by atoms with Crippen LogP contribution in [0.5, 0.6) is 0 Å². The van der Waals surface area contributed by atoms with Crippen LogP contribution in [0.4, 0.5) is 5.95 Å². The fraction of sp³-hybridized carbons (Fsp3) is 0.692. The molecular formula is C13H24N4O. The minimum atomic E-state index is -0.0749. The molecule has 5 nitrogen and oxygen atoms in total. The minimum absolute atomic E-state index is 0.0749. The van der Waals surface area contributed by atoms with Gasteiger partial charge in [0.1, 0.15) is 0 Å². The van der Waals surface area contributed by atoms with Gasteiger partial charge < -0.3 is 4.90 Å². The maximum atomic E-state index is 11.7. The number of anilines is 1. The van der Waals surface area contributed by atoms with Crippen LogP contribution in [0.2, 0.25) is 0 Å². The summed E-state index contributed by atoms with van der Waals surface area (Å²) in [5.74, 6) is 0.676. The molecule has 0 saturated heterocycles. The third kappa shape index (κ3) is 3.84. The van der Waals surface area contributed by atoms with Crippen LogP contribution in [-0.4, -0.2) is 41.0 Å². The fourth-order valence-corrected chi connectivity index (χ4v) is 1.92. The van der Waals surface area contributed by atoms with Gasteiger partial charge in [-0.3, -0.25) is 14.7 Å². The Bertz CT molecular complexity index is 408. The fourth-order valence-electron chi connectivity index (χ4n) is 1.92. The van der Waals surface area contributed by atoms with E-state index in [1.807, 2.05) is 4.90 Å². The highest BCUT2D eigenvalue weighted by atomic mass is 16.1. The number of aromatic amines is 1. The van der Waals surface area contributed by atoms with Gasteiger partial charge in [-0.05, 0) is 26.9 Å². The van der Waals surface area contributed by atoms with Crippen molar-refractivity contribution in [2.45, 2.75) is 34.2 Å². The Labute approximate surface area is 109 Å². The van der Waals surface area contributed by atoms with E-state index >= 15 is 0 Å². The van der Waals surface area contributed by atoms with Crippen molar-refractivity contribution in [3.05, 3.63) is 22.1 Å². The maximum Gasteiger partial charge on any atom is 0.252 e. The average Bonchev–Trinajstić information content (AvgIpc) is 2.37. The molecule has 1 heterocycles. The predicted octanol–water partition coefficient (Wildman–Crippen LogP) is 1.46. The first-order chi connectivity index (χ1) is 8.64. The van der Waals surface area contributed by atoms with Crippen molar-refractivity contribution in [3.8, 4) is 0 Å². The average molecular weight is 252 g/mol. The van der Waals surface area contributed by atoms with Gasteiger partial charge in [0.2, 0.25) is 5.95 Å². The molecule has 0 unspecified atom stereocenters. The lowest BCUT2D eigenvalue weighted by molar-refractivity contribution is 0.292. The Kier molecular flexibility index (Phi) is 5.85. The second kappa shape index (κ2) is 7.16. The zero-order valence-electron chi connectivity index (χ0n) is 11.9. The number of H-pyrrole nitrogens is 1. The molecule has 0 aromatic carbocycles. The van der Waals surface area contributed by atoms with Crippen LogP contribution in [0.15, 0.2) is 10.9 Å². The van der Waals surface area contributed by atoms with Gasteiger partial charge in [-0.2, -0.15) is 0 Å². The second-order valence-electron chi connectivity index (χ2n) is 4.19. The van der Waals surface area contributed by atoms with Gasteiger partial charge in [0.15, 0.2) is 0 Å². The lowest BCUT2D eigenvalue weighted by atomic mass is 10.3. The van der Waals surface area contributed by atoms with E-state index in [2.05, 4.69) is 42.6 Å². The molecule has 0 aliphatic rings. The van der Waals surface area contributed by atoms with Gasteiger partial charge in [0.25, 0.3) is 5.56 Å². The van der Waals surface area contributed by atoms with Crippen molar-refractivity contribution in [2.75, 3.05) is 31.1 Å². The number of nitrogens with one attached hydrogen (secondary N) is 1. The Morgan fingerprint density at radius 3 is 2.22 bits per heavy atom. The van der Waals surface area contributed by atoms with Crippen LogP contribution in [0.3, 0.4) is 0 Å². The molecule has 0 saturated carbocycles. The van der Waals surface area contributed by atoms with E-state index in [0.29, 0.717) is 5.95 Å². The van der Waals surface area contributed by atoms with Crippen LogP contribution in [0.25, 0.3) is 0 Å². The molecule has 0 aliphatic carbocycles. The Morgan fingerprint density at radius 1 is 1.11 bits per heavy atom. The van der Waals surface area contributed by atoms with Crippen molar-refractivity contribution in [3.63, 3.8) is 0 Å². The van der Waals surface area contributed by atoms with Crippen LogP contribution in [-0.2, 0) is 6.54 Å². The van der Waals surface area contributed by atoms with Gasteiger partial charge in [0, 0.05) is 25.7 Å². The van der Waals surface area contributed by atoms with Crippen LogP contribution in [0.1, 0.15) is 33.4 Å². The second-order valence-corrected chi connectivity index (χ2v) is 4.19. The molecule has 0 radical (unpaired) electrons. The summed E-state index contributed by atoms with van der Waals surface area (Å²) in [6.45, 7) is 12.7. The molecule has 0 fully saturated rings. The molecule has 0 atom stereocenters. The third-order valence-corrected chi connectivity index (χ3v) is 3.13. The Morgan fingerprint density at radius 2 is 1.72 bits per heavy atom. The largest absolute Gasteiger partial charge is 0.343 e. The number of nitrogens with zero attached hydrogens (tertiary/aromatic N) is 3. The summed E-state index contributed by atoms with van der Waals surface area (Å²) < 4.78 is 0. The summed E-state index contributed by atoms with van der Waals surface area (Å²) in [7, 11) is 0. The van der Waals surface area contributed by atoms with Crippen molar-refractivity contribution in [2.24, 2.45) is 0 Å². The highest BCUT2D eigenvalue weighted by Crippen LogP contribution is 2.06. The zero-order chi connectivity index (χ0) is 13.5. The molecule has 0 amide bonds. The molecule has 0 bridgehead atoms. The van der Waals surface area contributed by atoms with Gasteiger partial charge in [-0.15, -0.1) is 0 Å². The summed E-state index contributed by atoms with van der Waals surface area (Å²) in [6.07, 6.45) is 0. The molecular weight excluding hydrogens is 228 g/mol. The monoisotopic (exact) mass is 252 g/mol. The van der Waals surface area contributed by atoms with E-state index < -0.39 is 0 Å². The third-order valence-electron chi connectivity index (χ3n) is 3.13. The Balaban J connectivity index is 2.96. The first kappa shape index (κ1) is 14.7. The molecule has 0 spiro atoms. The van der Waals surface area contributed by atoms with Crippen LogP contribution in [0, 0.1) is 0 Å². The van der Waals surface area contributed by atoms with Gasteiger partial charge >= 0.3 is 0 Å². The molecule has 102 valence electrons. The molecule has 5 heteroatoms. The van der Waals surface area contributed by atoms with Crippen molar-refractivity contribution in [1.29, 1.82) is 0 Å². The first-order valence-electron chi connectivity index (χ1n) is 6.72. The quantitative estimate of drug-likeness (QED) is 0.798. The van der Waals surface area contributed by atoms with E-state index in [0.717, 1.165) is 38.4 Å². The van der Waals surface area contributed by atoms with E-state index in [4.69, 9.17) is 0 Å². The molecule has 0 aliphatic heterocycles. The van der Waals surface area contributed by atoms with Crippen molar-refractivity contribution in [1.82, 2.24) is 14.9 Å². The minimum Gasteiger partial charge on any atom is -0.343 e. The Hall–Kier alpha value is -1.36. The van der Waals surface area contributed by atoms with E-state index in [1.165, 1.54) is 0 Å². The van der Waals surface area contributed by atoms with E-state index in [-0.39, 0.29) is 5.56 Å². The lowest BCUT2D eigenvalue weighted by Crippen LogP contribution is -2.29. The van der Waals surface area contributed by atoms with E-state index in [9.17, 15) is 4.79 Å². The summed E-state index contributed by atoms with van der Waals surface area (Å²) >= 11 is 0. The van der Waals surface area contributed by atoms with Gasteiger partial charge in [0.05, 0.1) is 5.69 Å². The normalized spacial score (nSPS) is 10.9. The van der Waals surface area contributed by atoms with Crippen LogP contribution >= 0.6 is 0 Å². The summed E-state index contributed by atoms with van der Waals surface area (Å²) in [5, 5.41) is 0. The molecule has 18 heavy (non-hydrogen) atoms. The van der Waals surface area contributed by atoms with Crippen LogP contribution < -0.4 is 10.5 Å². The predicted molar refractivity (Wildman–Crippen MR) is 75.0 cm³/mol. The number of hydrogen-bond donors (Lipinski definition) is 1. The molecule has 1 aromatic heterocycles. The lowest BCUT2D eigenvalue weighted by Gasteiger charge is -2.21. The standard InChI is InChI=1S/C13H24N4O/c1-5-16(6-2)10-11-9-12(18)15-13(14-11)17(7-3)8-4/h9H,5-8,10H2,1-4H3,(H,14,15,18). The van der Waals surface area contributed by atoms with Gasteiger partial charge in [-0.25, -0.2) is 4.98 Å². The highest BCUT2D eigenvalue weighted by Gasteiger charge is 2.09. The van der Waals surface area contributed by atoms with Gasteiger partial charge in [-0.1, -0.05) is 13.8 Å². The molecule has 1 rings (SSSR count). The number of hydrogen-bond acceptors (Lipinski definition) is 4. The highest BCUT2D eigenvalue weighted by molar-refractivity contribution is 5.29. The first-order valence-corrected chi connectivity index (χ1v) is 6.72. The number of aromatic nitrogens is 2. The summed E-state index contributed by atoms with van der Waals surface area (Å²) in [4.78, 5) is 23.3. The molecule has 1 N–H and O–H groups in total. The van der Waals surface area contributed by atoms with Crippen molar-refractivity contribution >= 4 is 5.95 Å². The number of rotatable bonds is 7. The van der Waals surface area contributed by atoms with E-state index in [1.54, 1.807) is 6.07 Å². The van der Waals surface area contributed by atoms with Crippen molar-refractivity contribution < 1.29 is 0 Å².